The summed E-state index contributed by atoms with van der Waals surface area (Å²) in [5, 5.41) is 5.82. The van der Waals surface area contributed by atoms with Crippen LogP contribution >= 0.6 is 11.3 Å². The lowest BCUT2D eigenvalue weighted by atomic mass is 9.96. The number of fused-ring (bicyclic) bond motifs is 6. The van der Waals surface area contributed by atoms with Gasteiger partial charge in [-0.25, -0.2) is 15.0 Å². The molecule has 2 aromatic heterocycles. The third-order valence-electron chi connectivity index (χ3n) is 9.06. The van der Waals surface area contributed by atoms with Crippen LogP contribution in [0, 0.1) is 0 Å². The maximum atomic E-state index is 8.90. The predicted molar refractivity (Wildman–Crippen MR) is 215 cm³/mol. The van der Waals surface area contributed by atoms with E-state index >= 15 is 0 Å². The van der Waals surface area contributed by atoms with Crippen LogP contribution in [-0.2, 0) is 0 Å². The highest BCUT2D eigenvalue weighted by atomic mass is 32.1. The smallest absolute Gasteiger partial charge is 0.164 e. The first-order valence-electron chi connectivity index (χ1n) is 21.3. The standard InChI is InChI=1S/C47H29N3S/c1-4-12-30(13-5-1)37-27-41(31-14-6-2-7-15-31)44-42(28-37)40-25-23-36(29-43(40)51-44)47-49-45(33-17-8-3-9-18-33)48-46(50-47)35-22-24-39-34(26-35)21-20-32-16-10-11-19-38(32)39/h1-29H/i1D,2D,4D,5D,6D,7D,12D,13D,14D,15D. The van der Waals surface area contributed by atoms with E-state index < -0.39 is 60.4 Å². The molecule has 4 heteroatoms. The highest BCUT2D eigenvalue weighted by Crippen LogP contribution is 2.44. The summed E-state index contributed by atoms with van der Waals surface area (Å²) in [6.07, 6.45) is 0. The van der Waals surface area contributed by atoms with Crippen LogP contribution in [0.5, 0.6) is 0 Å². The average molecular weight is 678 g/mol. The van der Waals surface area contributed by atoms with Crippen LogP contribution in [0.3, 0.4) is 0 Å². The fourth-order valence-corrected chi connectivity index (χ4v) is 7.87. The second kappa shape index (κ2) is 12.1. The molecule has 2 heterocycles. The topological polar surface area (TPSA) is 38.7 Å². The average Bonchev–Trinajstić information content (AvgIpc) is 3.67. The van der Waals surface area contributed by atoms with E-state index in [-0.39, 0.29) is 22.3 Å². The quantitative estimate of drug-likeness (QED) is 0.170. The highest BCUT2D eigenvalue weighted by Gasteiger charge is 2.17. The van der Waals surface area contributed by atoms with E-state index in [2.05, 4.69) is 36.4 Å². The van der Waals surface area contributed by atoms with Crippen LogP contribution < -0.4 is 0 Å². The molecule has 0 fully saturated rings. The van der Waals surface area contributed by atoms with Crippen molar-refractivity contribution in [2.45, 2.75) is 0 Å². The number of nitrogens with zero attached hydrogens (tertiary/aromatic N) is 3. The minimum Gasteiger partial charge on any atom is -0.208 e. The number of aromatic nitrogens is 3. The van der Waals surface area contributed by atoms with E-state index in [1.165, 1.54) is 11.3 Å². The molecule has 8 aromatic carbocycles. The second-order valence-corrected chi connectivity index (χ2v) is 13.2. The van der Waals surface area contributed by atoms with Crippen LogP contribution in [0.2, 0.25) is 0 Å². The lowest BCUT2D eigenvalue weighted by Crippen LogP contribution is -2.00. The molecule has 0 bridgehead atoms. The minimum atomic E-state index is -0.540. The Morgan fingerprint density at radius 1 is 0.392 bits per heavy atom. The molecule has 3 nitrogen and oxygen atoms in total. The molecule has 0 aliphatic heterocycles. The Labute approximate surface area is 313 Å². The van der Waals surface area contributed by atoms with Gasteiger partial charge in [-0.15, -0.1) is 11.3 Å². The molecule has 10 rings (SSSR count). The summed E-state index contributed by atoms with van der Waals surface area (Å²) < 4.78 is 86.8. The molecule has 238 valence electrons. The molecule has 51 heavy (non-hydrogen) atoms. The Morgan fingerprint density at radius 2 is 1.00 bits per heavy atom. The van der Waals surface area contributed by atoms with Crippen molar-refractivity contribution >= 4 is 53.1 Å². The van der Waals surface area contributed by atoms with Crippen molar-refractivity contribution in [1.82, 2.24) is 15.0 Å². The van der Waals surface area contributed by atoms with Crippen LogP contribution in [0.1, 0.15) is 13.7 Å². The van der Waals surface area contributed by atoms with Crippen LogP contribution in [0.15, 0.2) is 176 Å². The monoisotopic (exact) mass is 677 g/mol. The lowest BCUT2D eigenvalue weighted by Gasteiger charge is -2.10. The molecule has 0 radical (unpaired) electrons. The molecule has 0 amide bonds. The Bertz CT molecular complexity index is 3440. The Kier molecular flexibility index (Phi) is 4.97. The van der Waals surface area contributed by atoms with E-state index in [1.807, 2.05) is 66.7 Å². The first-order valence-corrected chi connectivity index (χ1v) is 17.1. The van der Waals surface area contributed by atoms with Gasteiger partial charge in [-0.2, -0.15) is 0 Å². The predicted octanol–water partition coefficient (Wildman–Crippen LogP) is 12.9. The Hall–Kier alpha value is -6.49. The van der Waals surface area contributed by atoms with E-state index in [0.717, 1.165) is 42.8 Å². The van der Waals surface area contributed by atoms with E-state index in [1.54, 1.807) is 12.1 Å². The Morgan fingerprint density at radius 3 is 1.76 bits per heavy atom. The normalized spacial score (nSPS) is 14.3. The maximum Gasteiger partial charge on any atom is 0.164 e. The summed E-state index contributed by atoms with van der Waals surface area (Å²) >= 11 is 1.34. The summed E-state index contributed by atoms with van der Waals surface area (Å²) in [4.78, 5) is 14.9. The van der Waals surface area contributed by atoms with Gasteiger partial charge >= 0.3 is 0 Å². The molecule has 0 saturated heterocycles. The van der Waals surface area contributed by atoms with Crippen molar-refractivity contribution in [1.29, 1.82) is 0 Å². The Balaban J connectivity index is 1.20. The number of thiophene rings is 1. The van der Waals surface area contributed by atoms with Crippen molar-refractivity contribution in [3.63, 3.8) is 0 Å². The van der Waals surface area contributed by atoms with Gasteiger partial charge in [-0.05, 0) is 62.5 Å². The zero-order valence-electron chi connectivity index (χ0n) is 36.7. The fourth-order valence-electron chi connectivity index (χ4n) is 6.63. The van der Waals surface area contributed by atoms with Gasteiger partial charge in [0.15, 0.2) is 17.5 Å². The number of hydrogen-bond acceptors (Lipinski definition) is 4. The van der Waals surface area contributed by atoms with Gasteiger partial charge in [0.2, 0.25) is 0 Å². The van der Waals surface area contributed by atoms with Crippen molar-refractivity contribution in [3.8, 4) is 56.4 Å². The summed E-state index contributed by atoms with van der Waals surface area (Å²) in [6, 6.07) is 32.5. The molecule has 0 N–H and O–H groups in total. The fraction of sp³-hybridized carbons (Fsp3) is 0. The van der Waals surface area contributed by atoms with Gasteiger partial charge in [0.1, 0.15) is 0 Å². The van der Waals surface area contributed by atoms with Gasteiger partial charge in [-0.3, -0.25) is 0 Å². The van der Waals surface area contributed by atoms with Crippen molar-refractivity contribution < 1.29 is 13.7 Å². The third-order valence-corrected chi connectivity index (χ3v) is 10.3. The molecular weight excluding hydrogens is 639 g/mol. The van der Waals surface area contributed by atoms with Gasteiger partial charge < -0.3 is 0 Å². The molecule has 0 spiro atoms. The van der Waals surface area contributed by atoms with Gasteiger partial charge in [0.25, 0.3) is 0 Å². The SMILES string of the molecule is [2H]c1c([2H])c([2H])c(-c2cc(-c3c([2H])c([2H])c([2H])c([2H])c3[2H])c3sc4cc(-c5nc(-c6ccccc6)nc(-c6ccc7c(ccc8ccccc87)c6)n5)ccc4c3c2)c([2H])c1[2H]. The van der Waals surface area contributed by atoms with Gasteiger partial charge in [0.05, 0.1) is 13.7 Å². The third kappa shape index (κ3) is 5.25. The minimum absolute atomic E-state index is 0.0602. The van der Waals surface area contributed by atoms with Gasteiger partial charge in [0, 0.05) is 42.4 Å². The number of hydrogen-bond donors (Lipinski definition) is 0. The van der Waals surface area contributed by atoms with E-state index in [0.29, 0.717) is 33.1 Å². The zero-order valence-corrected chi connectivity index (χ0v) is 27.5. The molecule has 0 atom stereocenters. The molecule has 0 saturated carbocycles. The molecule has 10 aromatic rings. The molecule has 0 aliphatic rings. The van der Waals surface area contributed by atoms with Crippen molar-refractivity contribution in [2.75, 3.05) is 0 Å². The molecule has 0 unspecified atom stereocenters. The van der Waals surface area contributed by atoms with Crippen LogP contribution in [0.25, 0.3) is 98.1 Å². The van der Waals surface area contributed by atoms with Crippen molar-refractivity contribution in [3.05, 3.63) is 176 Å². The lowest BCUT2D eigenvalue weighted by molar-refractivity contribution is 1.08. The zero-order chi connectivity index (χ0) is 42.4. The maximum absolute atomic E-state index is 8.90. The first-order chi connectivity index (χ1) is 29.4. The summed E-state index contributed by atoms with van der Waals surface area (Å²) in [5.74, 6) is 1.40. The second-order valence-electron chi connectivity index (χ2n) is 12.1. The number of rotatable bonds is 5. The summed E-state index contributed by atoms with van der Waals surface area (Å²) in [5.41, 5.74) is 2.70. The van der Waals surface area contributed by atoms with E-state index in [4.69, 9.17) is 28.7 Å². The molecule has 0 aliphatic carbocycles. The summed E-state index contributed by atoms with van der Waals surface area (Å²) in [7, 11) is 0. The molecular formula is C47H29N3S. The summed E-state index contributed by atoms with van der Waals surface area (Å²) in [6.45, 7) is 0. The van der Waals surface area contributed by atoms with Crippen LogP contribution in [0.4, 0.5) is 0 Å². The van der Waals surface area contributed by atoms with Crippen LogP contribution in [-0.4, -0.2) is 15.0 Å². The highest BCUT2D eigenvalue weighted by molar-refractivity contribution is 7.26. The van der Waals surface area contributed by atoms with Gasteiger partial charge in [-0.1, -0.05) is 151 Å². The largest absolute Gasteiger partial charge is 0.208 e. The first kappa shape index (κ1) is 20.9. The van der Waals surface area contributed by atoms with Crippen molar-refractivity contribution in [2.24, 2.45) is 0 Å². The number of benzene rings is 8. The van der Waals surface area contributed by atoms with E-state index in [9.17, 15) is 0 Å².